The Morgan fingerprint density at radius 1 is 1.08 bits per heavy atom. The second-order valence-electron chi connectivity index (χ2n) is 13.9. The number of ether oxygens (including phenoxy) is 1. The van der Waals surface area contributed by atoms with Crippen molar-refractivity contribution in [2.45, 2.75) is 63.9 Å². The van der Waals surface area contributed by atoms with E-state index in [1.807, 2.05) is 36.5 Å². The number of carbonyl (C=O) groups excluding carboxylic acids is 1. The average Bonchev–Trinajstić information content (AvgIpc) is 3.50. The zero-order valence-corrected chi connectivity index (χ0v) is 28.7. The van der Waals surface area contributed by atoms with Crippen LogP contribution in [0.25, 0.3) is 11.1 Å². The summed E-state index contributed by atoms with van der Waals surface area (Å²) in [5.41, 5.74) is 6.31. The Labute approximate surface area is 291 Å². The van der Waals surface area contributed by atoms with Crippen LogP contribution in [0, 0.1) is 0 Å². The van der Waals surface area contributed by atoms with Crippen LogP contribution in [0.4, 0.5) is 23.0 Å². The fraction of sp³-hybridized carbons (Fsp3) is 0.421. The summed E-state index contributed by atoms with van der Waals surface area (Å²) in [5.74, 6) is 0.875. The average molecular weight is 677 g/mol. The lowest BCUT2D eigenvalue weighted by Gasteiger charge is -2.50. The van der Waals surface area contributed by atoms with Crippen molar-refractivity contribution < 1.29 is 14.6 Å². The summed E-state index contributed by atoms with van der Waals surface area (Å²) in [6.07, 6.45) is 11.5. The topological polar surface area (TPSA) is 121 Å². The molecule has 8 rings (SSSR count). The molecule has 0 spiro atoms. The molecule has 50 heavy (non-hydrogen) atoms. The third-order valence-corrected chi connectivity index (χ3v) is 10.9. The minimum atomic E-state index is -0.318. The van der Waals surface area contributed by atoms with Gasteiger partial charge in [0.05, 0.1) is 43.8 Å². The number of fused-ring (bicyclic) bond motifs is 3. The first-order chi connectivity index (χ1) is 24.3. The van der Waals surface area contributed by atoms with Crippen LogP contribution in [0.2, 0.25) is 0 Å². The molecular weight excluding hydrogens is 632 g/mol. The van der Waals surface area contributed by atoms with E-state index in [1.54, 1.807) is 30.4 Å². The monoisotopic (exact) mass is 676 g/mol. The number of aromatic nitrogens is 4. The lowest BCUT2D eigenvalue weighted by atomic mass is 9.98. The first-order valence-electron chi connectivity index (χ1n) is 17.6. The lowest BCUT2D eigenvalue weighted by molar-refractivity contribution is -0.0818. The zero-order valence-electron chi connectivity index (χ0n) is 28.7. The normalized spacial score (nSPS) is 21.1. The van der Waals surface area contributed by atoms with Crippen molar-refractivity contribution in [3.63, 3.8) is 0 Å². The SMILES string of the molecule is C=CC1CN(C2COC2)C(C)CN1c1ccc(Nc2cc(-c3ccnc(N4CCn5c(cc6c5CCCC6)C4=O)c3CO)cn(C)c2=O)nc1. The van der Waals surface area contributed by atoms with E-state index in [9.17, 15) is 14.7 Å². The zero-order chi connectivity index (χ0) is 34.5. The van der Waals surface area contributed by atoms with Gasteiger partial charge in [0.25, 0.3) is 11.5 Å². The van der Waals surface area contributed by atoms with Gasteiger partial charge in [-0.25, -0.2) is 9.97 Å². The highest BCUT2D eigenvalue weighted by Gasteiger charge is 2.37. The highest BCUT2D eigenvalue weighted by molar-refractivity contribution is 6.06. The Balaban J connectivity index is 1.05. The van der Waals surface area contributed by atoms with Gasteiger partial charge >= 0.3 is 0 Å². The van der Waals surface area contributed by atoms with Gasteiger partial charge in [-0.2, -0.15) is 0 Å². The number of amides is 1. The lowest BCUT2D eigenvalue weighted by Crippen LogP contribution is -2.63. The Morgan fingerprint density at radius 3 is 2.66 bits per heavy atom. The number of rotatable bonds is 8. The van der Waals surface area contributed by atoms with Crippen LogP contribution in [0.3, 0.4) is 0 Å². The Morgan fingerprint density at radius 2 is 1.92 bits per heavy atom. The molecule has 2 unspecified atom stereocenters. The van der Waals surface area contributed by atoms with Crippen LogP contribution in [-0.4, -0.2) is 86.0 Å². The molecule has 0 aromatic carbocycles. The summed E-state index contributed by atoms with van der Waals surface area (Å²) in [7, 11) is 1.70. The summed E-state index contributed by atoms with van der Waals surface area (Å²) in [6.45, 7) is 10.5. The maximum atomic E-state index is 13.8. The number of nitrogens with one attached hydrogen (secondary N) is 1. The molecule has 0 radical (unpaired) electrons. The minimum absolute atomic E-state index is 0.106. The van der Waals surface area contributed by atoms with E-state index >= 15 is 0 Å². The fourth-order valence-electron chi connectivity index (χ4n) is 8.14. The highest BCUT2D eigenvalue weighted by atomic mass is 16.5. The third kappa shape index (κ3) is 5.61. The van der Waals surface area contributed by atoms with Gasteiger partial charge < -0.3 is 29.2 Å². The maximum Gasteiger partial charge on any atom is 0.276 e. The van der Waals surface area contributed by atoms with E-state index in [0.717, 1.165) is 57.7 Å². The summed E-state index contributed by atoms with van der Waals surface area (Å²) in [6, 6.07) is 10.5. The first kappa shape index (κ1) is 32.4. The van der Waals surface area contributed by atoms with E-state index < -0.39 is 0 Å². The summed E-state index contributed by atoms with van der Waals surface area (Å²) < 4.78 is 9.13. The first-order valence-corrected chi connectivity index (χ1v) is 17.6. The Kier molecular flexibility index (Phi) is 8.54. The molecule has 1 amide bonds. The number of carbonyl (C=O) groups is 1. The van der Waals surface area contributed by atoms with Crippen molar-refractivity contribution in [1.82, 2.24) is 24.0 Å². The Bertz CT molecular complexity index is 2000. The summed E-state index contributed by atoms with van der Waals surface area (Å²) in [5, 5.41) is 13.9. The molecule has 0 bridgehead atoms. The molecule has 1 aliphatic carbocycles. The fourth-order valence-corrected chi connectivity index (χ4v) is 8.14. The van der Waals surface area contributed by atoms with Crippen LogP contribution in [0.5, 0.6) is 0 Å². The van der Waals surface area contributed by atoms with Crippen molar-refractivity contribution in [3.05, 3.63) is 94.4 Å². The number of aryl methyl sites for hydroxylation is 2. The standard InChI is InChI=1S/C38H44N8O4/c1-4-27-20-45(29-22-50-23-29)24(2)18-46(27)28-9-10-35(40-17-28)41-32-15-26(19-42(3)37(32)48)30-11-12-39-36(31(30)21-47)44-14-13-43-33-8-6-5-7-25(33)16-34(43)38(44)49/h4,9-12,15-17,19,24,27,29,47H,1,5-8,13-14,18,20-23H2,2-3H3,(H,40,41). The molecule has 4 aromatic heterocycles. The molecule has 7 heterocycles. The molecule has 4 aromatic rings. The molecule has 2 fully saturated rings. The van der Waals surface area contributed by atoms with Crippen LogP contribution in [0.1, 0.15) is 47.1 Å². The van der Waals surface area contributed by atoms with E-state index in [2.05, 4.69) is 38.2 Å². The molecule has 2 saturated heterocycles. The van der Waals surface area contributed by atoms with E-state index in [4.69, 9.17) is 9.72 Å². The predicted octanol–water partition coefficient (Wildman–Crippen LogP) is 3.88. The van der Waals surface area contributed by atoms with Crippen LogP contribution < -0.4 is 20.7 Å². The van der Waals surface area contributed by atoms with E-state index in [1.165, 1.54) is 15.8 Å². The summed E-state index contributed by atoms with van der Waals surface area (Å²) in [4.78, 5) is 43.0. The molecule has 2 atom stereocenters. The number of aliphatic hydroxyl groups excluding tert-OH is 1. The Hall–Kier alpha value is -4.78. The van der Waals surface area contributed by atoms with Crippen LogP contribution >= 0.6 is 0 Å². The number of piperazine rings is 1. The van der Waals surface area contributed by atoms with E-state index in [-0.39, 0.29) is 24.1 Å². The van der Waals surface area contributed by atoms with E-state index in [0.29, 0.717) is 64.9 Å². The van der Waals surface area contributed by atoms with Gasteiger partial charge in [0.2, 0.25) is 0 Å². The van der Waals surface area contributed by atoms with Crippen LogP contribution in [0.15, 0.2) is 66.4 Å². The van der Waals surface area contributed by atoms with Gasteiger partial charge in [-0.05, 0) is 74.1 Å². The van der Waals surface area contributed by atoms with Crippen molar-refractivity contribution in [2.24, 2.45) is 7.05 Å². The molecule has 0 saturated carbocycles. The van der Waals surface area contributed by atoms with Crippen molar-refractivity contribution in [1.29, 1.82) is 0 Å². The van der Waals surface area contributed by atoms with Gasteiger partial charge in [-0.1, -0.05) is 6.08 Å². The van der Waals surface area contributed by atoms with Gasteiger partial charge in [0, 0.05) is 68.5 Å². The molecule has 12 heteroatoms. The van der Waals surface area contributed by atoms with Gasteiger partial charge in [0.1, 0.15) is 23.0 Å². The van der Waals surface area contributed by atoms with Gasteiger partial charge in [-0.15, -0.1) is 6.58 Å². The largest absolute Gasteiger partial charge is 0.392 e. The van der Waals surface area contributed by atoms with Crippen molar-refractivity contribution >= 4 is 28.9 Å². The molecule has 12 nitrogen and oxygen atoms in total. The number of pyridine rings is 3. The van der Waals surface area contributed by atoms with Crippen molar-refractivity contribution in [2.75, 3.05) is 48.0 Å². The molecule has 3 aliphatic heterocycles. The molecular formula is C38H44N8O4. The number of anilines is 4. The third-order valence-electron chi connectivity index (χ3n) is 10.9. The quantitative estimate of drug-likeness (QED) is 0.268. The van der Waals surface area contributed by atoms with Crippen molar-refractivity contribution in [3.8, 4) is 11.1 Å². The number of hydrogen-bond donors (Lipinski definition) is 2. The molecule has 2 N–H and O–H groups in total. The summed E-state index contributed by atoms with van der Waals surface area (Å²) >= 11 is 0. The second-order valence-corrected chi connectivity index (χ2v) is 13.9. The maximum absolute atomic E-state index is 13.8. The van der Waals surface area contributed by atoms with Gasteiger partial charge in [-0.3, -0.25) is 19.4 Å². The smallest absolute Gasteiger partial charge is 0.276 e. The van der Waals surface area contributed by atoms with Gasteiger partial charge in [0.15, 0.2) is 0 Å². The number of nitrogens with zero attached hydrogens (tertiary/aromatic N) is 7. The van der Waals surface area contributed by atoms with Crippen LogP contribution in [-0.2, 0) is 37.8 Å². The highest BCUT2D eigenvalue weighted by Crippen LogP contribution is 2.35. The predicted molar refractivity (Wildman–Crippen MR) is 193 cm³/mol. The number of hydrogen-bond acceptors (Lipinski definition) is 9. The molecule has 260 valence electrons. The second kappa shape index (κ2) is 13.2. The molecule has 4 aliphatic rings. The minimum Gasteiger partial charge on any atom is -0.392 e. The number of aliphatic hydroxyl groups is 1.